The molecule has 0 saturated carbocycles. The van der Waals surface area contributed by atoms with Crippen molar-refractivity contribution in [1.82, 2.24) is 4.57 Å². The van der Waals surface area contributed by atoms with E-state index in [1.807, 2.05) is 19.3 Å². The second kappa shape index (κ2) is 6.84. The number of carbonyl (C=O) groups is 1. The summed E-state index contributed by atoms with van der Waals surface area (Å²) in [6.07, 6.45) is 4.13. The number of benzene rings is 1. The molecule has 0 radical (unpaired) electrons. The number of para-hydroxylation sites is 2. The van der Waals surface area contributed by atoms with Crippen LogP contribution in [0.1, 0.15) is 24.6 Å². The number of hydrogen-bond acceptors (Lipinski definition) is 3. The summed E-state index contributed by atoms with van der Waals surface area (Å²) in [5, 5.41) is 13.7. The van der Waals surface area contributed by atoms with Gasteiger partial charge in [0.25, 0.3) is 11.6 Å². The highest BCUT2D eigenvalue weighted by molar-refractivity contribution is 5.93. The Morgan fingerprint density at radius 1 is 1.38 bits per heavy atom. The first-order valence-electron chi connectivity index (χ1n) is 8.05. The zero-order valence-electron chi connectivity index (χ0n) is 13.6. The van der Waals surface area contributed by atoms with Gasteiger partial charge in [-0.25, -0.2) is 0 Å². The van der Waals surface area contributed by atoms with Crippen molar-refractivity contribution in [2.24, 2.45) is 7.05 Å². The van der Waals surface area contributed by atoms with Crippen LogP contribution in [-0.2, 0) is 11.8 Å². The first-order valence-corrected chi connectivity index (χ1v) is 8.05. The predicted molar refractivity (Wildman–Crippen MR) is 89.8 cm³/mol. The third kappa shape index (κ3) is 3.30. The van der Waals surface area contributed by atoms with Crippen molar-refractivity contribution in [2.45, 2.75) is 18.9 Å². The largest absolute Gasteiger partial charge is 0.350 e. The number of nitro groups is 1. The topological polar surface area (TPSA) is 81.6 Å². The summed E-state index contributed by atoms with van der Waals surface area (Å²) in [6.45, 7) is 1.24. The molecule has 2 N–H and O–H groups in total. The van der Waals surface area contributed by atoms with Crippen LogP contribution >= 0.6 is 0 Å². The maximum absolute atomic E-state index is 12.4. The minimum absolute atomic E-state index is 0.0822. The van der Waals surface area contributed by atoms with Gasteiger partial charge >= 0.3 is 0 Å². The van der Waals surface area contributed by atoms with Crippen LogP contribution in [-0.4, -0.2) is 28.5 Å². The summed E-state index contributed by atoms with van der Waals surface area (Å²) in [5.74, 6) is -0.194. The number of hydrogen-bond donors (Lipinski definition) is 2. The average Bonchev–Trinajstić information content (AvgIpc) is 3.16. The van der Waals surface area contributed by atoms with E-state index in [1.165, 1.54) is 16.7 Å². The molecule has 1 aliphatic heterocycles. The Kier molecular flexibility index (Phi) is 4.61. The Morgan fingerprint density at radius 3 is 2.88 bits per heavy atom. The van der Waals surface area contributed by atoms with Crippen LogP contribution in [0, 0.1) is 10.1 Å². The van der Waals surface area contributed by atoms with Gasteiger partial charge in [-0.1, -0.05) is 12.1 Å². The number of anilines is 1. The molecule has 7 heteroatoms. The number of amides is 1. The molecule has 1 amide bonds. The minimum Gasteiger partial charge on any atom is -0.350 e. The van der Waals surface area contributed by atoms with E-state index in [1.54, 1.807) is 18.2 Å². The first-order chi connectivity index (χ1) is 11.6. The fourth-order valence-electron chi connectivity index (χ4n) is 3.46. The molecule has 0 aliphatic carbocycles. The molecule has 2 aromatic rings. The van der Waals surface area contributed by atoms with Crippen LogP contribution in [0.2, 0.25) is 0 Å². The number of rotatable bonds is 5. The van der Waals surface area contributed by atoms with Gasteiger partial charge in [0.1, 0.15) is 11.7 Å². The molecule has 1 unspecified atom stereocenters. The second-order valence-electron chi connectivity index (χ2n) is 6.15. The van der Waals surface area contributed by atoms with Gasteiger partial charge in [-0.05, 0) is 18.2 Å². The summed E-state index contributed by atoms with van der Waals surface area (Å²) in [5.41, 5.74) is 1.39. The predicted octanol–water partition coefficient (Wildman–Crippen LogP) is 1.29. The molecule has 1 fully saturated rings. The molecule has 7 nitrogen and oxygen atoms in total. The van der Waals surface area contributed by atoms with E-state index in [4.69, 9.17) is 0 Å². The van der Waals surface area contributed by atoms with E-state index in [-0.39, 0.29) is 17.3 Å². The summed E-state index contributed by atoms with van der Waals surface area (Å²) < 4.78 is 2.09. The zero-order valence-corrected chi connectivity index (χ0v) is 13.6. The van der Waals surface area contributed by atoms with Crippen LogP contribution in [0.25, 0.3) is 0 Å². The molecule has 2 heterocycles. The van der Waals surface area contributed by atoms with E-state index in [0.29, 0.717) is 12.6 Å². The fourth-order valence-corrected chi connectivity index (χ4v) is 3.46. The van der Waals surface area contributed by atoms with Gasteiger partial charge in [0.05, 0.1) is 17.2 Å². The summed E-state index contributed by atoms with van der Waals surface area (Å²) in [6, 6.07) is 10.6. The normalized spacial score (nSPS) is 20.0. The third-order valence-corrected chi connectivity index (χ3v) is 4.59. The van der Waals surface area contributed by atoms with Gasteiger partial charge in [0.2, 0.25) is 0 Å². The number of carbonyl (C=O) groups excluding carboxylic acids is 1. The zero-order chi connectivity index (χ0) is 17.1. The van der Waals surface area contributed by atoms with Crippen molar-refractivity contribution in [3.63, 3.8) is 0 Å². The number of quaternary nitrogens is 1. The van der Waals surface area contributed by atoms with Crippen molar-refractivity contribution in [1.29, 1.82) is 0 Å². The Hall–Kier alpha value is -2.67. The molecule has 1 aromatic carbocycles. The highest BCUT2D eigenvalue weighted by Gasteiger charge is 2.33. The van der Waals surface area contributed by atoms with E-state index in [2.05, 4.69) is 16.0 Å². The molecule has 0 bridgehead atoms. The Balaban J connectivity index is 1.69. The van der Waals surface area contributed by atoms with Crippen molar-refractivity contribution in [2.75, 3.05) is 18.4 Å². The lowest BCUT2D eigenvalue weighted by molar-refractivity contribution is -0.910. The quantitative estimate of drug-likeness (QED) is 0.641. The maximum Gasteiger partial charge on any atom is 0.292 e. The lowest BCUT2D eigenvalue weighted by atomic mass is 10.1. The molecular weight excluding hydrogens is 308 g/mol. The lowest BCUT2D eigenvalue weighted by Gasteiger charge is -2.21. The standard InChI is InChI=1S/C17H20N4O3/c1-19-10-4-8-15(19)16-9-5-11-20(16)12-17(22)18-13-6-2-3-7-14(13)21(23)24/h2-4,6-8,10,16H,5,9,11-12H2,1H3,(H,18,22)/p+1/t16-/m0/s1. The van der Waals surface area contributed by atoms with E-state index in [9.17, 15) is 14.9 Å². The first kappa shape index (κ1) is 16.2. The van der Waals surface area contributed by atoms with Gasteiger partial charge in [0.15, 0.2) is 6.54 Å². The monoisotopic (exact) mass is 329 g/mol. The van der Waals surface area contributed by atoms with E-state index in [0.717, 1.165) is 19.4 Å². The number of nitrogens with zero attached hydrogens (tertiary/aromatic N) is 2. The Labute approximate surface area is 140 Å². The molecular formula is C17H21N4O3+. The SMILES string of the molecule is Cn1cccc1[C@@H]1CCC[NH+]1CC(=O)Nc1ccccc1[N+](=O)[O-]. The summed E-state index contributed by atoms with van der Waals surface area (Å²) in [4.78, 5) is 24.1. The van der Waals surface area contributed by atoms with Crippen molar-refractivity contribution >= 4 is 17.3 Å². The Bertz CT molecular complexity index is 756. The van der Waals surface area contributed by atoms with Crippen LogP contribution < -0.4 is 10.2 Å². The van der Waals surface area contributed by atoms with E-state index >= 15 is 0 Å². The number of likely N-dealkylation sites (tertiary alicyclic amines) is 1. The van der Waals surface area contributed by atoms with Crippen LogP contribution in [0.4, 0.5) is 11.4 Å². The summed E-state index contributed by atoms with van der Waals surface area (Å²) in [7, 11) is 2.01. The molecule has 2 atom stereocenters. The van der Waals surface area contributed by atoms with Crippen molar-refractivity contribution in [3.8, 4) is 0 Å². The van der Waals surface area contributed by atoms with Gasteiger partial charge in [-0.15, -0.1) is 0 Å². The fraction of sp³-hybridized carbons (Fsp3) is 0.353. The van der Waals surface area contributed by atoms with Gasteiger partial charge in [0, 0.05) is 32.2 Å². The molecule has 1 saturated heterocycles. The second-order valence-corrected chi connectivity index (χ2v) is 6.15. The average molecular weight is 329 g/mol. The number of aromatic nitrogens is 1. The van der Waals surface area contributed by atoms with Crippen molar-refractivity contribution in [3.05, 3.63) is 58.4 Å². The van der Waals surface area contributed by atoms with Gasteiger partial charge in [-0.2, -0.15) is 0 Å². The smallest absolute Gasteiger partial charge is 0.292 e. The van der Waals surface area contributed by atoms with Crippen LogP contribution in [0.5, 0.6) is 0 Å². The molecule has 0 spiro atoms. The van der Waals surface area contributed by atoms with Crippen molar-refractivity contribution < 1.29 is 14.6 Å². The van der Waals surface area contributed by atoms with Gasteiger partial charge in [-0.3, -0.25) is 14.9 Å². The maximum atomic E-state index is 12.4. The van der Waals surface area contributed by atoms with Crippen LogP contribution in [0.3, 0.4) is 0 Å². The highest BCUT2D eigenvalue weighted by atomic mass is 16.6. The highest BCUT2D eigenvalue weighted by Crippen LogP contribution is 2.23. The van der Waals surface area contributed by atoms with Crippen LogP contribution in [0.15, 0.2) is 42.6 Å². The van der Waals surface area contributed by atoms with Gasteiger partial charge < -0.3 is 14.8 Å². The van der Waals surface area contributed by atoms with E-state index < -0.39 is 4.92 Å². The third-order valence-electron chi connectivity index (χ3n) is 4.59. The molecule has 24 heavy (non-hydrogen) atoms. The minimum atomic E-state index is -0.481. The Morgan fingerprint density at radius 2 is 2.17 bits per heavy atom. The number of aryl methyl sites for hydroxylation is 1. The molecule has 1 aromatic heterocycles. The lowest BCUT2D eigenvalue weighted by Crippen LogP contribution is -3.11. The molecule has 1 aliphatic rings. The molecule has 3 rings (SSSR count). The number of nitrogens with one attached hydrogen (secondary N) is 2. The summed E-state index contributed by atoms with van der Waals surface area (Å²) >= 11 is 0. The number of nitro benzene ring substituents is 1. The molecule has 126 valence electrons.